The van der Waals surface area contributed by atoms with Gasteiger partial charge in [-0.05, 0) is 15.9 Å². The second-order valence-electron chi connectivity index (χ2n) is 3.74. The van der Waals surface area contributed by atoms with Crippen LogP contribution in [0, 0.1) is 5.41 Å². The van der Waals surface area contributed by atoms with Gasteiger partial charge in [0.05, 0.1) is 0 Å². The maximum Gasteiger partial charge on any atom is 0.182 e. The molecule has 0 aliphatic heterocycles. The van der Waals surface area contributed by atoms with Crippen molar-refractivity contribution in [2.45, 2.75) is 20.8 Å². The third-order valence-corrected chi connectivity index (χ3v) is 2.18. The van der Waals surface area contributed by atoms with Crippen molar-refractivity contribution in [2.75, 3.05) is 0 Å². The van der Waals surface area contributed by atoms with Gasteiger partial charge in [0.25, 0.3) is 0 Å². The molecule has 1 aromatic heterocycles. The molecule has 0 bridgehead atoms. The van der Waals surface area contributed by atoms with Crippen LogP contribution in [0.15, 0.2) is 22.3 Å². The number of hydrogen-bond donors (Lipinski definition) is 1. The average molecular weight is 246 g/mol. The van der Waals surface area contributed by atoms with Crippen LogP contribution in [0.1, 0.15) is 20.8 Å². The largest absolute Gasteiger partial charge is 0.409 e. The Labute approximate surface area is 85.4 Å². The molecule has 0 radical (unpaired) electrons. The highest BCUT2D eigenvalue weighted by Crippen LogP contribution is 2.20. The van der Waals surface area contributed by atoms with Gasteiger partial charge < -0.3 is 5.21 Å². The Morgan fingerprint density at radius 2 is 2.23 bits per heavy atom. The second kappa shape index (κ2) is 3.49. The van der Waals surface area contributed by atoms with Crippen LogP contribution in [-0.2, 0) is 0 Å². The van der Waals surface area contributed by atoms with Crippen molar-refractivity contribution in [3.63, 3.8) is 0 Å². The van der Waals surface area contributed by atoms with Crippen LogP contribution in [0.3, 0.4) is 0 Å². The van der Waals surface area contributed by atoms with Crippen LogP contribution in [-0.4, -0.2) is 20.6 Å². The minimum Gasteiger partial charge on any atom is -0.409 e. The van der Waals surface area contributed by atoms with Crippen LogP contribution in [0.5, 0.6) is 0 Å². The van der Waals surface area contributed by atoms with E-state index in [0.29, 0.717) is 10.6 Å². The smallest absolute Gasteiger partial charge is 0.182 e. The third-order valence-electron chi connectivity index (χ3n) is 1.59. The summed E-state index contributed by atoms with van der Waals surface area (Å²) in [4.78, 5) is 3.99. The highest BCUT2D eigenvalue weighted by atomic mass is 79.9. The predicted octanol–water partition coefficient (Wildman–Crippen LogP) is 2.33. The number of aromatic nitrogens is 2. The van der Waals surface area contributed by atoms with E-state index in [4.69, 9.17) is 5.21 Å². The molecule has 1 heterocycles. The lowest BCUT2D eigenvalue weighted by Crippen LogP contribution is -2.27. The molecule has 72 valence electrons. The zero-order valence-corrected chi connectivity index (χ0v) is 9.41. The summed E-state index contributed by atoms with van der Waals surface area (Å²) in [5.41, 5.74) is -0.224. The summed E-state index contributed by atoms with van der Waals surface area (Å²) < 4.78 is 2.33. The van der Waals surface area contributed by atoms with Crippen molar-refractivity contribution in [3.05, 3.63) is 17.1 Å². The molecule has 0 aromatic carbocycles. The van der Waals surface area contributed by atoms with Gasteiger partial charge in [-0.1, -0.05) is 25.9 Å². The van der Waals surface area contributed by atoms with E-state index < -0.39 is 0 Å². The fraction of sp³-hybridized carbons (Fsp3) is 0.500. The number of nitrogens with zero attached hydrogens (tertiary/aromatic N) is 3. The van der Waals surface area contributed by atoms with E-state index in [1.54, 1.807) is 17.0 Å². The normalized spacial score (nSPS) is 13.4. The summed E-state index contributed by atoms with van der Waals surface area (Å²) in [6, 6.07) is 0. The van der Waals surface area contributed by atoms with Crippen molar-refractivity contribution < 1.29 is 5.21 Å². The first-order chi connectivity index (χ1) is 5.96. The quantitative estimate of drug-likeness (QED) is 0.330. The molecule has 0 aliphatic carbocycles. The molecule has 13 heavy (non-hydrogen) atoms. The maximum absolute atomic E-state index is 8.88. The number of rotatable bonds is 0. The fourth-order valence-electron chi connectivity index (χ4n) is 1.00. The Kier molecular flexibility index (Phi) is 2.75. The number of hydrogen-bond acceptors (Lipinski definition) is 3. The molecular formula is C8H12BrN3O. The van der Waals surface area contributed by atoms with Gasteiger partial charge in [0.2, 0.25) is 0 Å². The molecule has 0 aliphatic rings. The van der Waals surface area contributed by atoms with Gasteiger partial charge in [-0.25, -0.2) is 4.98 Å². The first-order valence-corrected chi connectivity index (χ1v) is 4.68. The van der Waals surface area contributed by atoms with Crippen LogP contribution in [0.4, 0.5) is 0 Å². The lowest BCUT2D eigenvalue weighted by molar-refractivity contribution is 0.307. The third kappa shape index (κ3) is 2.09. The molecule has 1 aromatic rings. The monoisotopic (exact) mass is 245 g/mol. The van der Waals surface area contributed by atoms with Crippen molar-refractivity contribution in [1.82, 2.24) is 9.55 Å². The lowest BCUT2D eigenvalue weighted by Gasteiger charge is -2.20. The topological polar surface area (TPSA) is 50.4 Å². The average Bonchev–Trinajstić information content (AvgIpc) is 2.35. The number of imidazole rings is 1. The van der Waals surface area contributed by atoms with Crippen LogP contribution >= 0.6 is 15.9 Å². The molecule has 0 amide bonds. The fourth-order valence-corrected chi connectivity index (χ4v) is 1.41. The van der Waals surface area contributed by atoms with Crippen molar-refractivity contribution in [3.8, 4) is 0 Å². The molecule has 0 atom stereocenters. The second-order valence-corrected chi connectivity index (χ2v) is 4.45. The number of oxime groups is 1. The Bertz CT molecular complexity index is 324. The zero-order chi connectivity index (χ0) is 10.1. The first kappa shape index (κ1) is 10.2. The van der Waals surface area contributed by atoms with Crippen molar-refractivity contribution in [2.24, 2.45) is 10.6 Å². The van der Waals surface area contributed by atoms with Gasteiger partial charge in [0, 0.05) is 17.8 Å². The summed E-state index contributed by atoms with van der Waals surface area (Å²) in [5, 5.41) is 12.1. The highest BCUT2D eigenvalue weighted by molar-refractivity contribution is 9.10. The van der Waals surface area contributed by atoms with Gasteiger partial charge in [-0.15, -0.1) is 0 Å². The van der Waals surface area contributed by atoms with Crippen molar-refractivity contribution in [1.29, 1.82) is 0 Å². The molecule has 0 spiro atoms. The van der Waals surface area contributed by atoms with Crippen LogP contribution in [0.2, 0.25) is 0 Å². The molecule has 1 rings (SSSR count). The van der Waals surface area contributed by atoms with E-state index in [1.165, 1.54) is 0 Å². The molecule has 1 N–H and O–H groups in total. The molecule has 0 unspecified atom stereocenters. The summed E-state index contributed by atoms with van der Waals surface area (Å²) >= 11 is 3.26. The Morgan fingerprint density at radius 1 is 1.62 bits per heavy atom. The van der Waals surface area contributed by atoms with Crippen molar-refractivity contribution >= 4 is 21.8 Å². The van der Waals surface area contributed by atoms with Gasteiger partial charge in [-0.3, -0.25) is 4.57 Å². The molecule has 4 nitrogen and oxygen atoms in total. The standard InChI is InChI=1S/C8H12BrN3O/c1-8(2,3)6(11-13)12-5-4-10-7(12)9/h4-5,13H,1-3H3/b11-6+. The Balaban J connectivity index is 3.14. The van der Waals surface area contributed by atoms with E-state index in [1.807, 2.05) is 20.8 Å². The van der Waals surface area contributed by atoms with Gasteiger partial charge in [0.15, 0.2) is 10.6 Å². The zero-order valence-electron chi connectivity index (χ0n) is 7.82. The van der Waals surface area contributed by atoms with Gasteiger partial charge in [0.1, 0.15) is 0 Å². The number of halogens is 1. The van der Waals surface area contributed by atoms with E-state index >= 15 is 0 Å². The lowest BCUT2D eigenvalue weighted by atomic mass is 9.95. The highest BCUT2D eigenvalue weighted by Gasteiger charge is 2.22. The Hall–Kier alpha value is -0.840. The van der Waals surface area contributed by atoms with E-state index in [-0.39, 0.29) is 5.41 Å². The van der Waals surface area contributed by atoms with Crippen LogP contribution in [0.25, 0.3) is 0 Å². The first-order valence-electron chi connectivity index (χ1n) is 3.88. The van der Waals surface area contributed by atoms with E-state index in [0.717, 1.165) is 0 Å². The molecular weight excluding hydrogens is 234 g/mol. The Morgan fingerprint density at radius 3 is 2.54 bits per heavy atom. The van der Waals surface area contributed by atoms with E-state index in [9.17, 15) is 0 Å². The molecule has 0 saturated carbocycles. The summed E-state index contributed by atoms with van der Waals surface area (Å²) in [6.45, 7) is 5.90. The summed E-state index contributed by atoms with van der Waals surface area (Å²) in [6.07, 6.45) is 3.38. The molecule has 5 heteroatoms. The van der Waals surface area contributed by atoms with Crippen LogP contribution < -0.4 is 0 Å². The molecule has 0 fully saturated rings. The minimum atomic E-state index is -0.224. The van der Waals surface area contributed by atoms with Gasteiger partial charge >= 0.3 is 0 Å². The summed E-state index contributed by atoms with van der Waals surface area (Å²) in [5.74, 6) is 0.553. The molecule has 0 saturated heterocycles. The summed E-state index contributed by atoms with van der Waals surface area (Å²) in [7, 11) is 0. The predicted molar refractivity (Wildman–Crippen MR) is 54.0 cm³/mol. The van der Waals surface area contributed by atoms with Gasteiger partial charge in [-0.2, -0.15) is 0 Å². The minimum absolute atomic E-state index is 0.224. The maximum atomic E-state index is 8.88. The SMILES string of the molecule is CC(C)(C)/C(=N\O)n1ccnc1Br. The van der Waals surface area contributed by atoms with E-state index in [2.05, 4.69) is 26.1 Å².